The molecule has 0 saturated carbocycles. The molecule has 2 aromatic carbocycles. The third-order valence-corrected chi connectivity index (χ3v) is 5.93. The van der Waals surface area contributed by atoms with Gasteiger partial charge in [0.15, 0.2) is 0 Å². The molecule has 1 aromatic heterocycles. The average Bonchev–Trinajstić information content (AvgIpc) is 3.21. The van der Waals surface area contributed by atoms with Crippen molar-refractivity contribution in [2.24, 2.45) is 5.10 Å². The fourth-order valence-corrected chi connectivity index (χ4v) is 3.98. The minimum absolute atomic E-state index is 0.107. The summed E-state index contributed by atoms with van der Waals surface area (Å²) in [6.07, 6.45) is 2.82. The van der Waals surface area contributed by atoms with Gasteiger partial charge in [0, 0.05) is 0 Å². The Labute approximate surface area is 169 Å². The van der Waals surface area contributed by atoms with E-state index in [2.05, 4.69) is 10.5 Å². The largest absolute Gasteiger partial charge is 0.463 e. The summed E-state index contributed by atoms with van der Waals surface area (Å²) in [4.78, 5) is 12.5. The molecule has 3 rings (SSSR count). The van der Waals surface area contributed by atoms with Gasteiger partial charge in [-0.25, -0.2) is 13.8 Å². The third kappa shape index (κ3) is 5.11. The topological polar surface area (TPSA) is 92.0 Å². The van der Waals surface area contributed by atoms with Gasteiger partial charge in [-0.05, 0) is 50.2 Å². The van der Waals surface area contributed by atoms with Gasteiger partial charge in [0.1, 0.15) is 12.3 Å². The van der Waals surface area contributed by atoms with Crippen LogP contribution in [0.25, 0.3) is 0 Å². The predicted octanol–water partition coefficient (Wildman–Crippen LogP) is 3.24. The van der Waals surface area contributed by atoms with Gasteiger partial charge in [-0.2, -0.15) is 5.10 Å². The van der Waals surface area contributed by atoms with Gasteiger partial charge in [0.25, 0.3) is 15.9 Å². The second-order valence-electron chi connectivity index (χ2n) is 6.47. The van der Waals surface area contributed by atoms with Gasteiger partial charge in [-0.3, -0.25) is 9.10 Å². The summed E-state index contributed by atoms with van der Waals surface area (Å²) in [5.41, 5.74) is 4.64. The van der Waals surface area contributed by atoms with Gasteiger partial charge in [-0.1, -0.05) is 35.4 Å². The van der Waals surface area contributed by atoms with E-state index in [1.165, 1.54) is 24.6 Å². The second-order valence-corrected chi connectivity index (χ2v) is 8.33. The molecule has 0 aliphatic carbocycles. The molecule has 1 heterocycles. The first-order valence-electron chi connectivity index (χ1n) is 8.88. The zero-order valence-electron chi connectivity index (χ0n) is 16.1. The van der Waals surface area contributed by atoms with E-state index < -0.39 is 22.5 Å². The summed E-state index contributed by atoms with van der Waals surface area (Å²) in [6, 6.07) is 16.8. The number of sulfonamides is 1. The number of anilines is 1. The van der Waals surface area contributed by atoms with Crippen LogP contribution in [-0.4, -0.2) is 27.1 Å². The number of amides is 1. The quantitative estimate of drug-likeness (QED) is 0.477. The molecular formula is C21H21N3O4S. The Morgan fingerprint density at radius 1 is 1.03 bits per heavy atom. The number of carbonyl (C=O) groups excluding carboxylic acids is 1. The van der Waals surface area contributed by atoms with Gasteiger partial charge < -0.3 is 4.42 Å². The van der Waals surface area contributed by atoms with Crippen molar-refractivity contribution in [3.8, 4) is 0 Å². The molecule has 0 unspecified atom stereocenters. The number of furan rings is 1. The molecule has 1 N–H and O–H groups in total. The molecule has 0 spiro atoms. The highest BCUT2D eigenvalue weighted by molar-refractivity contribution is 7.92. The maximum absolute atomic E-state index is 13.2. The minimum Gasteiger partial charge on any atom is -0.463 e. The molecular weight excluding hydrogens is 390 g/mol. The van der Waals surface area contributed by atoms with Crippen LogP contribution in [0.5, 0.6) is 0 Å². The zero-order chi connectivity index (χ0) is 20.9. The number of hydrogen-bond donors (Lipinski definition) is 1. The molecule has 0 atom stereocenters. The number of rotatable bonds is 7. The van der Waals surface area contributed by atoms with E-state index in [0.29, 0.717) is 11.4 Å². The first-order valence-corrected chi connectivity index (χ1v) is 10.3. The van der Waals surface area contributed by atoms with Crippen molar-refractivity contribution >= 4 is 27.8 Å². The van der Waals surface area contributed by atoms with Crippen molar-refractivity contribution in [2.45, 2.75) is 18.7 Å². The first-order chi connectivity index (χ1) is 13.9. The zero-order valence-corrected chi connectivity index (χ0v) is 16.9. The SMILES string of the molecule is Cc1ccc(N(CC(=O)N/N=C\c2ccco2)S(=O)(=O)c2ccc(C)cc2)cc1. The van der Waals surface area contributed by atoms with Crippen molar-refractivity contribution in [2.75, 3.05) is 10.8 Å². The van der Waals surface area contributed by atoms with Gasteiger partial charge in [-0.15, -0.1) is 0 Å². The van der Waals surface area contributed by atoms with Crippen LogP contribution in [0.15, 0.2) is 81.3 Å². The highest BCUT2D eigenvalue weighted by Gasteiger charge is 2.27. The molecule has 0 aliphatic heterocycles. The average molecular weight is 411 g/mol. The van der Waals surface area contributed by atoms with E-state index in [1.807, 2.05) is 13.8 Å². The monoisotopic (exact) mass is 411 g/mol. The normalized spacial score (nSPS) is 11.5. The molecule has 3 aromatic rings. The van der Waals surface area contributed by atoms with Crippen LogP contribution in [0, 0.1) is 13.8 Å². The molecule has 0 fully saturated rings. The summed E-state index contributed by atoms with van der Waals surface area (Å²) < 4.78 is 32.6. The minimum atomic E-state index is -3.94. The smallest absolute Gasteiger partial charge is 0.264 e. The summed E-state index contributed by atoms with van der Waals surface area (Å²) >= 11 is 0. The maximum atomic E-state index is 13.2. The van der Waals surface area contributed by atoms with Crippen molar-refractivity contribution in [1.29, 1.82) is 0 Å². The van der Waals surface area contributed by atoms with Crippen LogP contribution < -0.4 is 9.73 Å². The highest BCUT2D eigenvalue weighted by Crippen LogP contribution is 2.24. The molecule has 0 bridgehead atoms. The van der Waals surface area contributed by atoms with Crippen molar-refractivity contribution in [3.63, 3.8) is 0 Å². The van der Waals surface area contributed by atoms with Crippen molar-refractivity contribution < 1.29 is 17.6 Å². The van der Waals surface area contributed by atoms with Crippen LogP contribution >= 0.6 is 0 Å². The van der Waals surface area contributed by atoms with E-state index in [9.17, 15) is 13.2 Å². The lowest BCUT2D eigenvalue weighted by molar-refractivity contribution is -0.119. The Bertz CT molecular complexity index is 1090. The number of benzene rings is 2. The van der Waals surface area contributed by atoms with Gasteiger partial charge in [0.2, 0.25) is 0 Å². The van der Waals surface area contributed by atoms with E-state index in [0.717, 1.165) is 15.4 Å². The van der Waals surface area contributed by atoms with Gasteiger partial charge in [0.05, 0.1) is 23.1 Å². The van der Waals surface area contributed by atoms with E-state index in [4.69, 9.17) is 4.42 Å². The number of carbonyl (C=O) groups is 1. The summed E-state index contributed by atoms with van der Waals surface area (Å²) in [7, 11) is -3.94. The number of nitrogens with zero attached hydrogens (tertiary/aromatic N) is 2. The van der Waals surface area contributed by atoms with E-state index in [-0.39, 0.29) is 4.90 Å². The standard InChI is InChI=1S/C21H21N3O4S/c1-16-5-9-18(10-6-16)24(29(26,27)20-11-7-17(2)8-12-20)15-21(25)23-22-14-19-4-3-13-28-19/h3-14H,15H2,1-2H3,(H,23,25)/b22-14-. The second kappa shape index (κ2) is 8.74. The van der Waals surface area contributed by atoms with Crippen LogP contribution in [0.4, 0.5) is 5.69 Å². The lowest BCUT2D eigenvalue weighted by Crippen LogP contribution is -2.39. The number of hydrazone groups is 1. The molecule has 1 amide bonds. The summed E-state index contributed by atoms with van der Waals surface area (Å²) in [5, 5.41) is 3.80. The fraction of sp³-hybridized carbons (Fsp3) is 0.143. The Balaban J connectivity index is 1.85. The van der Waals surface area contributed by atoms with E-state index in [1.54, 1.807) is 48.5 Å². The van der Waals surface area contributed by atoms with Crippen LogP contribution in [0.1, 0.15) is 16.9 Å². The van der Waals surface area contributed by atoms with Crippen molar-refractivity contribution in [1.82, 2.24) is 5.43 Å². The fourth-order valence-electron chi connectivity index (χ4n) is 2.56. The highest BCUT2D eigenvalue weighted by atomic mass is 32.2. The lowest BCUT2D eigenvalue weighted by atomic mass is 10.2. The molecule has 0 saturated heterocycles. The molecule has 0 aliphatic rings. The van der Waals surface area contributed by atoms with Gasteiger partial charge >= 0.3 is 0 Å². The summed E-state index contributed by atoms with van der Waals surface area (Å²) in [5.74, 6) is -0.114. The Kier molecular flexibility index (Phi) is 6.13. The Morgan fingerprint density at radius 3 is 2.24 bits per heavy atom. The van der Waals surface area contributed by atoms with Crippen LogP contribution in [-0.2, 0) is 14.8 Å². The van der Waals surface area contributed by atoms with E-state index >= 15 is 0 Å². The van der Waals surface area contributed by atoms with Crippen LogP contribution in [0.3, 0.4) is 0 Å². The number of nitrogens with one attached hydrogen (secondary N) is 1. The van der Waals surface area contributed by atoms with Crippen molar-refractivity contribution in [3.05, 3.63) is 83.8 Å². The Morgan fingerprint density at radius 2 is 1.66 bits per heavy atom. The van der Waals surface area contributed by atoms with Crippen LogP contribution in [0.2, 0.25) is 0 Å². The predicted molar refractivity (Wildman–Crippen MR) is 111 cm³/mol. The third-order valence-electron chi connectivity index (χ3n) is 4.14. The number of aryl methyl sites for hydroxylation is 2. The summed E-state index contributed by atoms with van der Waals surface area (Å²) in [6.45, 7) is 3.35. The molecule has 0 radical (unpaired) electrons. The maximum Gasteiger partial charge on any atom is 0.264 e. The molecule has 150 valence electrons. The Hall–Kier alpha value is -3.39. The molecule has 8 heteroatoms. The molecule has 29 heavy (non-hydrogen) atoms. The lowest BCUT2D eigenvalue weighted by Gasteiger charge is -2.24. The number of hydrogen-bond acceptors (Lipinski definition) is 5. The molecule has 7 nitrogen and oxygen atoms in total. The first kappa shape index (κ1) is 20.3.